The van der Waals surface area contributed by atoms with Gasteiger partial charge in [-0.15, -0.1) is 0 Å². The molecule has 2 aromatic heterocycles. The van der Waals surface area contributed by atoms with Gasteiger partial charge in [0.25, 0.3) is 5.56 Å². The van der Waals surface area contributed by atoms with Crippen LogP contribution in [0.5, 0.6) is 0 Å². The topological polar surface area (TPSA) is 120 Å². The number of hydrogen-bond acceptors (Lipinski definition) is 5. The maximum atomic E-state index is 12.1. The second-order valence-corrected chi connectivity index (χ2v) is 5.02. The lowest BCUT2D eigenvalue weighted by Crippen LogP contribution is -2.39. The van der Waals surface area contributed by atoms with E-state index in [0.29, 0.717) is 11.1 Å². The standard InChI is InChI=1S/C14H16N4O4/c1-8-7-17(2)14(22)18(12(8)19)11-4-3-9(6-16-11)5-10(15)13(20)21/h3-4,6-7,10H,5,15H2,1-2H3,(H,20,21)/t10-/m0/s1. The lowest BCUT2D eigenvalue weighted by Gasteiger charge is -2.09. The molecule has 0 fully saturated rings. The van der Waals surface area contributed by atoms with E-state index in [9.17, 15) is 14.4 Å². The van der Waals surface area contributed by atoms with E-state index in [1.165, 1.54) is 23.0 Å². The Morgan fingerprint density at radius 1 is 1.41 bits per heavy atom. The summed E-state index contributed by atoms with van der Waals surface area (Å²) in [6, 6.07) is 2.06. The third-order valence-corrected chi connectivity index (χ3v) is 3.23. The molecule has 0 spiro atoms. The number of aryl methyl sites for hydroxylation is 2. The summed E-state index contributed by atoms with van der Waals surface area (Å²) in [5.74, 6) is -0.921. The van der Waals surface area contributed by atoms with Crippen molar-refractivity contribution in [1.82, 2.24) is 14.1 Å². The highest BCUT2D eigenvalue weighted by Crippen LogP contribution is 2.05. The molecular weight excluding hydrogens is 288 g/mol. The minimum absolute atomic E-state index is 0.114. The van der Waals surface area contributed by atoms with Crippen LogP contribution in [0.15, 0.2) is 34.1 Å². The summed E-state index contributed by atoms with van der Waals surface area (Å²) in [7, 11) is 1.55. The highest BCUT2D eigenvalue weighted by atomic mass is 16.4. The van der Waals surface area contributed by atoms with Crippen LogP contribution in [0.2, 0.25) is 0 Å². The fourth-order valence-corrected chi connectivity index (χ4v) is 2.03. The summed E-state index contributed by atoms with van der Waals surface area (Å²) in [5.41, 5.74) is 5.53. The van der Waals surface area contributed by atoms with Crippen LogP contribution in [0.3, 0.4) is 0 Å². The Bertz CT molecular complexity index is 786. The first-order chi connectivity index (χ1) is 10.3. The zero-order valence-electron chi connectivity index (χ0n) is 12.2. The summed E-state index contributed by atoms with van der Waals surface area (Å²) < 4.78 is 2.27. The average molecular weight is 304 g/mol. The molecule has 3 N–H and O–H groups in total. The molecule has 2 heterocycles. The maximum Gasteiger partial charge on any atom is 0.336 e. The summed E-state index contributed by atoms with van der Waals surface area (Å²) >= 11 is 0. The molecular formula is C14H16N4O4. The van der Waals surface area contributed by atoms with Gasteiger partial charge in [0, 0.05) is 25.0 Å². The van der Waals surface area contributed by atoms with Crippen LogP contribution in [0.4, 0.5) is 0 Å². The number of aliphatic carboxylic acids is 1. The second-order valence-electron chi connectivity index (χ2n) is 5.02. The minimum Gasteiger partial charge on any atom is -0.480 e. The van der Waals surface area contributed by atoms with Crippen LogP contribution in [0, 0.1) is 6.92 Å². The van der Waals surface area contributed by atoms with E-state index in [2.05, 4.69) is 4.98 Å². The van der Waals surface area contributed by atoms with E-state index in [4.69, 9.17) is 10.8 Å². The van der Waals surface area contributed by atoms with Crippen molar-refractivity contribution in [2.24, 2.45) is 12.8 Å². The van der Waals surface area contributed by atoms with E-state index in [1.807, 2.05) is 0 Å². The van der Waals surface area contributed by atoms with Crippen molar-refractivity contribution >= 4 is 5.97 Å². The number of aromatic nitrogens is 3. The first-order valence-corrected chi connectivity index (χ1v) is 6.54. The van der Waals surface area contributed by atoms with Gasteiger partial charge in [0.2, 0.25) is 0 Å². The molecule has 8 nitrogen and oxygen atoms in total. The number of carboxylic acids is 1. The molecule has 0 aliphatic heterocycles. The van der Waals surface area contributed by atoms with Crippen LogP contribution < -0.4 is 17.0 Å². The predicted molar refractivity (Wildman–Crippen MR) is 79.1 cm³/mol. The number of hydrogen-bond donors (Lipinski definition) is 2. The van der Waals surface area contributed by atoms with Crippen LogP contribution in [0.1, 0.15) is 11.1 Å². The fraction of sp³-hybridized carbons (Fsp3) is 0.286. The van der Waals surface area contributed by atoms with Gasteiger partial charge in [-0.25, -0.2) is 14.3 Å². The summed E-state index contributed by atoms with van der Waals surface area (Å²) in [5, 5.41) is 8.77. The van der Waals surface area contributed by atoms with E-state index in [-0.39, 0.29) is 12.2 Å². The first kappa shape index (κ1) is 15.6. The SMILES string of the molecule is Cc1cn(C)c(=O)n(-c2ccc(C[C@H](N)C(=O)O)cn2)c1=O. The summed E-state index contributed by atoms with van der Waals surface area (Å²) in [6.45, 7) is 1.61. The van der Waals surface area contributed by atoms with Crippen LogP contribution >= 0.6 is 0 Å². The van der Waals surface area contributed by atoms with Crippen molar-refractivity contribution in [2.75, 3.05) is 0 Å². The molecule has 0 aliphatic carbocycles. The third kappa shape index (κ3) is 2.96. The zero-order valence-corrected chi connectivity index (χ0v) is 12.2. The molecule has 8 heteroatoms. The maximum absolute atomic E-state index is 12.1. The normalized spacial score (nSPS) is 12.1. The van der Waals surface area contributed by atoms with Crippen molar-refractivity contribution in [3.8, 4) is 5.82 Å². The largest absolute Gasteiger partial charge is 0.480 e. The van der Waals surface area contributed by atoms with Crippen molar-refractivity contribution < 1.29 is 9.90 Å². The molecule has 2 aromatic rings. The molecule has 0 saturated heterocycles. The molecule has 2 rings (SSSR count). The van der Waals surface area contributed by atoms with Gasteiger partial charge < -0.3 is 15.4 Å². The Balaban J connectivity index is 2.42. The van der Waals surface area contributed by atoms with Crippen LogP contribution in [-0.2, 0) is 18.3 Å². The van der Waals surface area contributed by atoms with Crippen molar-refractivity contribution in [2.45, 2.75) is 19.4 Å². The molecule has 0 aromatic carbocycles. The number of nitrogens with zero attached hydrogens (tertiary/aromatic N) is 3. The Morgan fingerprint density at radius 3 is 2.64 bits per heavy atom. The minimum atomic E-state index is -1.10. The molecule has 116 valence electrons. The third-order valence-electron chi connectivity index (χ3n) is 3.23. The van der Waals surface area contributed by atoms with E-state index in [0.717, 1.165) is 4.57 Å². The molecule has 1 atom stereocenters. The number of nitrogens with two attached hydrogens (primary N) is 1. The lowest BCUT2D eigenvalue weighted by molar-refractivity contribution is -0.138. The molecule has 0 radical (unpaired) electrons. The second kappa shape index (κ2) is 5.94. The van der Waals surface area contributed by atoms with Crippen molar-refractivity contribution in [3.63, 3.8) is 0 Å². The molecule has 0 bridgehead atoms. The Hall–Kier alpha value is -2.74. The molecule has 0 unspecified atom stereocenters. The fourth-order valence-electron chi connectivity index (χ4n) is 2.03. The van der Waals surface area contributed by atoms with E-state index in [1.54, 1.807) is 20.0 Å². The van der Waals surface area contributed by atoms with E-state index >= 15 is 0 Å². The molecule has 0 saturated carbocycles. The molecule has 22 heavy (non-hydrogen) atoms. The lowest BCUT2D eigenvalue weighted by atomic mass is 10.1. The van der Waals surface area contributed by atoms with Gasteiger partial charge in [0.15, 0.2) is 0 Å². The van der Waals surface area contributed by atoms with Gasteiger partial charge in [0.05, 0.1) is 0 Å². The van der Waals surface area contributed by atoms with E-state index < -0.39 is 23.3 Å². The van der Waals surface area contributed by atoms with Crippen LogP contribution in [0.25, 0.3) is 5.82 Å². The highest BCUT2D eigenvalue weighted by Gasteiger charge is 2.14. The Kier molecular flexibility index (Phi) is 4.22. The number of carboxylic acid groups (broad SMARTS) is 1. The van der Waals surface area contributed by atoms with Gasteiger partial charge in [-0.05, 0) is 25.0 Å². The quantitative estimate of drug-likeness (QED) is 0.762. The first-order valence-electron chi connectivity index (χ1n) is 6.54. The number of carbonyl (C=O) groups is 1. The van der Waals surface area contributed by atoms with Gasteiger partial charge in [-0.1, -0.05) is 6.07 Å². The van der Waals surface area contributed by atoms with Gasteiger partial charge in [-0.2, -0.15) is 0 Å². The Labute approximate surface area is 125 Å². The predicted octanol–water partition coefficient (Wildman–Crippen LogP) is -0.806. The Morgan fingerprint density at radius 2 is 2.09 bits per heavy atom. The van der Waals surface area contributed by atoms with Gasteiger partial charge in [-0.3, -0.25) is 9.59 Å². The van der Waals surface area contributed by atoms with Gasteiger partial charge in [0.1, 0.15) is 11.9 Å². The van der Waals surface area contributed by atoms with Crippen molar-refractivity contribution in [1.29, 1.82) is 0 Å². The monoisotopic (exact) mass is 304 g/mol. The number of pyridine rings is 1. The smallest absolute Gasteiger partial charge is 0.336 e. The zero-order chi connectivity index (χ0) is 16.4. The molecule has 0 amide bonds. The number of rotatable bonds is 4. The van der Waals surface area contributed by atoms with Crippen molar-refractivity contribution in [3.05, 3.63) is 56.5 Å². The van der Waals surface area contributed by atoms with Crippen LogP contribution in [-0.4, -0.2) is 31.2 Å². The summed E-state index contributed by atoms with van der Waals surface area (Å²) in [6.07, 6.45) is 2.98. The highest BCUT2D eigenvalue weighted by molar-refractivity contribution is 5.73. The van der Waals surface area contributed by atoms with Gasteiger partial charge >= 0.3 is 11.7 Å². The molecule has 0 aliphatic rings. The average Bonchev–Trinajstić information content (AvgIpc) is 2.47. The summed E-state index contributed by atoms with van der Waals surface area (Å²) in [4.78, 5) is 39.0.